The zero-order valence-electron chi connectivity index (χ0n) is 22.4. The summed E-state index contributed by atoms with van der Waals surface area (Å²) in [6.45, 7) is 8.15. The van der Waals surface area contributed by atoms with Gasteiger partial charge in [-0.1, -0.05) is 39.0 Å². The van der Waals surface area contributed by atoms with Gasteiger partial charge in [-0.15, -0.1) is 0 Å². The number of benzene rings is 1. The van der Waals surface area contributed by atoms with E-state index >= 15 is 0 Å². The molecule has 206 valence electrons. The Morgan fingerprint density at radius 1 is 1.05 bits per heavy atom. The van der Waals surface area contributed by atoms with Crippen LogP contribution in [-0.4, -0.2) is 70.3 Å². The summed E-state index contributed by atoms with van der Waals surface area (Å²) in [5.74, 6) is -5.78. The van der Waals surface area contributed by atoms with Crippen LogP contribution >= 0.6 is 0 Å². The van der Waals surface area contributed by atoms with Gasteiger partial charge in [0.05, 0.1) is 35.7 Å². The molecule has 9 nitrogen and oxygen atoms in total. The van der Waals surface area contributed by atoms with Crippen molar-refractivity contribution in [3.8, 4) is 0 Å². The number of aliphatic hydroxyl groups excluding tert-OH is 2. The van der Waals surface area contributed by atoms with Gasteiger partial charge >= 0.3 is 11.9 Å². The highest BCUT2D eigenvalue weighted by atomic mass is 16.6. The molecule has 1 aliphatic heterocycles. The number of carbonyl (C=O) groups is 4. The minimum atomic E-state index is -1.72. The third kappa shape index (κ3) is 3.62. The van der Waals surface area contributed by atoms with Crippen LogP contribution in [0.1, 0.15) is 57.8 Å². The quantitative estimate of drug-likeness (QED) is 0.446. The summed E-state index contributed by atoms with van der Waals surface area (Å²) in [6.07, 6.45) is -3.88. The Morgan fingerprint density at radius 2 is 1.71 bits per heavy atom. The Hall–Kier alpha value is -2.62. The number of rotatable bonds is 3. The fourth-order valence-corrected chi connectivity index (χ4v) is 8.02. The summed E-state index contributed by atoms with van der Waals surface area (Å²) in [7, 11) is 0. The first kappa shape index (κ1) is 27.0. The molecule has 4 aliphatic rings. The number of Topliss-reactive ketones (excluding diaryl/α,β-unsaturated/α-hetero) is 2. The van der Waals surface area contributed by atoms with Crippen molar-refractivity contribution in [2.75, 3.05) is 6.61 Å². The summed E-state index contributed by atoms with van der Waals surface area (Å²) >= 11 is 0. The molecule has 1 aromatic carbocycles. The summed E-state index contributed by atoms with van der Waals surface area (Å²) < 4.78 is 17.9. The summed E-state index contributed by atoms with van der Waals surface area (Å²) in [6, 6.07) is 8.39. The van der Waals surface area contributed by atoms with Crippen LogP contribution in [0, 0.1) is 34.5 Å². The average Bonchev–Trinajstić information content (AvgIpc) is 2.85. The molecule has 10 atom stereocenters. The first-order valence-corrected chi connectivity index (χ1v) is 13.3. The molecule has 3 aliphatic carbocycles. The SMILES string of the molecule is CC(=O)O[C@@]12CO[C@@H]1C[C@H](O)[C@@]1(C)C(=O)C(=O)C3C(C)C(O)CC([C@@H](OC(=O)c4ccccc4)[C@H]21)C3(C)C. The lowest BCUT2D eigenvalue weighted by Gasteiger charge is -2.66. The molecule has 0 amide bonds. The summed E-state index contributed by atoms with van der Waals surface area (Å²) in [4.78, 5) is 54.1. The van der Waals surface area contributed by atoms with Crippen molar-refractivity contribution in [1.82, 2.24) is 0 Å². The van der Waals surface area contributed by atoms with Gasteiger partial charge in [-0.3, -0.25) is 14.4 Å². The number of hydrogen-bond acceptors (Lipinski definition) is 9. The molecular weight excluding hydrogens is 492 g/mol. The third-order valence-electron chi connectivity index (χ3n) is 10.0. The first-order chi connectivity index (χ1) is 17.8. The van der Waals surface area contributed by atoms with Gasteiger partial charge < -0.3 is 24.4 Å². The lowest BCUT2D eigenvalue weighted by atomic mass is 9.44. The van der Waals surface area contributed by atoms with Gasteiger partial charge in [0.15, 0.2) is 5.60 Å². The van der Waals surface area contributed by atoms with Gasteiger partial charge in [-0.25, -0.2) is 4.79 Å². The summed E-state index contributed by atoms with van der Waals surface area (Å²) in [5, 5.41) is 22.5. The van der Waals surface area contributed by atoms with E-state index in [2.05, 4.69) is 0 Å². The van der Waals surface area contributed by atoms with E-state index in [1.807, 2.05) is 13.8 Å². The molecule has 1 saturated heterocycles. The molecule has 2 N–H and O–H groups in total. The minimum absolute atomic E-state index is 0.0183. The van der Waals surface area contributed by atoms with Crippen LogP contribution < -0.4 is 0 Å². The molecule has 0 radical (unpaired) electrons. The highest BCUT2D eigenvalue weighted by molar-refractivity contribution is 6.40. The first-order valence-electron chi connectivity index (χ1n) is 13.3. The maximum atomic E-state index is 14.2. The van der Waals surface area contributed by atoms with Crippen molar-refractivity contribution in [1.29, 1.82) is 0 Å². The molecule has 5 rings (SSSR count). The monoisotopic (exact) mass is 528 g/mol. The standard InChI is InChI=1S/C29H36O9/c1-14-18(31)11-17-23(37-26(35)16-9-7-6-8-10-16)24-28(5,25(34)22(33)21(14)27(17,3)4)19(32)12-20-29(24,13-36-20)38-15(2)30/h6-10,14,17-21,23-24,31-32H,11-13H2,1-5H3/t14?,17?,18?,19-,20+,21?,23+,24-,28+,29-/m0/s1. The van der Waals surface area contributed by atoms with E-state index in [4.69, 9.17) is 14.2 Å². The third-order valence-corrected chi connectivity index (χ3v) is 10.0. The molecule has 3 saturated carbocycles. The van der Waals surface area contributed by atoms with Crippen molar-refractivity contribution in [2.24, 2.45) is 34.5 Å². The van der Waals surface area contributed by atoms with Crippen LogP contribution in [0.25, 0.3) is 0 Å². The normalized spacial score (nSPS) is 43.4. The van der Waals surface area contributed by atoms with Crippen LogP contribution in [0.4, 0.5) is 0 Å². The Balaban J connectivity index is 1.75. The van der Waals surface area contributed by atoms with Gasteiger partial charge in [0.1, 0.15) is 12.2 Å². The van der Waals surface area contributed by atoms with Gasteiger partial charge in [-0.2, -0.15) is 0 Å². The number of fused-ring (bicyclic) bond motifs is 5. The van der Waals surface area contributed by atoms with E-state index < -0.39 is 88.0 Å². The van der Waals surface area contributed by atoms with Gasteiger partial charge in [-0.05, 0) is 36.8 Å². The molecule has 1 heterocycles. The predicted molar refractivity (Wildman–Crippen MR) is 133 cm³/mol. The van der Waals surface area contributed by atoms with E-state index in [-0.39, 0.29) is 25.0 Å². The lowest BCUT2D eigenvalue weighted by Crippen LogP contribution is -2.79. The maximum absolute atomic E-state index is 14.2. The molecule has 2 bridgehead atoms. The number of carbonyl (C=O) groups excluding carboxylic acids is 4. The van der Waals surface area contributed by atoms with Crippen molar-refractivity contribution in [3.63, 3.8) is 0 Å². The molecule has 0 aromatic heterocycles. The molecule has 0 spiro atoms. The van der Waals surface area contributed by atoms with Crippen LogP contribution in [0.2, 0.25) is 0 Å². The smallest absolute Gasteiger partial charge is 0.338 e. The van der Waals surface area contributed by atoms with Gasteiger partial charge in [0.2, 0.25) is 11.6 Å². The van der Waals surface area contributed by atoms with Crippen molar-refractivity contribution in [2.45, 2.75) is 77.5 Å². The lowest BCUT2D eigenvalue weighted by molar-refractivity contribution is -0.336. The topological polar surface area (TPSA) is 136 Å². The Morgan fingerprint density at radius 3 is 2.29 bits per heavy atom. The average molecular weight is 529 g/mol. The predicted octanol–water partition coefficient (Wildman–Crippen LogP) is 2.11. The second kappa shape index (κ2) is 8.96. The fraction of sp³-hybridized carbons (Fsp3) is 0.655. The zero-order valence-corrected chi connectivity index (χ0v) is 22.4. The van der Waals surface area contributed by atoms with Crippen LogP contribution in [0.15, 0.2) is 30.3 Å². The molecule has 1 aromatic rings. The van der Waals surface area contributed by atoms with Crippen molar-refractivity contribution < 1.29 is 43.6 Å². The Bertz CT molecular complexity index is 1160. The van der Waals surface area contributed by atoms with E-state index in [9.17, 15) is 29.4 Å². The number of ether oxygens (including phenoxy) is 3. The fourth-order valence-electron chi connectivity index (χ4n) is 8.02. The summed E-state index contributed by atoms with van der Waals surface area (Å²) in [5.41, 5.74) is -3.69. The maximum Gasteiger partial charge on any atom is 0.338 e. The van der Waals surface area contributed by atoms with E-state index in [0.29, 0.717) is 0 Å². The highest BCUT2D eigenvalue weighted by Crippen LogP contribution is 2.63. The van der Waals surface area contributed by atoms with E-state index in [1.165, 1.54) is 13.8 Å². The molecule has 4 unspecified atom stereocenters. The van der Waals surface area contributed by atoms with Crippen LogP contribution in [0.5, 0.6) is 0 Å². The second-order valence-corrected chi connectivity index (χ2v) is 12.4. The van der Waals surface area contributed by atoms with E-state index in [1.54, 1.807) is 37.3 Å². The second-order valence-electron chi connectivity index (χ2n) is 12.4. The number of aliphatic hydroxyl groups is 2. The van der Waals surface area contributed by atoms with Crippen molar-refractivity contribution in [3.05, 3.63) is 35.9 Å². The number of esters is 2. The zero-order chi connectivity index (χ0) is 27.8. The molecule has 4 fully saturated rings. The Labute approximate surface area is 221 Å². The van der Waals surface area contributed by atoms with Gasteiger partial charge in [0.25, 0.3) is 0 Å². The van der Waals surface area contributed by atoms with Gasteiger partial charge in [0, 0.05) is 25.2 Å². The minimum Gasteiger partial charge on any atom is -0.458 e. The van der Waals surface area contributed by atoms with Crippen LogP contribution in [0.3, 0.4) is 0 Å². The number of ketones is 2. The van der Waals surface area contributed by atoms with Crippen LogP contribution in [-0.2, 0) is 28.6 Å². The van der Waals surface area contributed by atoms with Crippen molar-refractivity contribution >= 4 is 23.5 Å². The molecule has 9 heteroatoms. The molecule has 38 heavy (non-hydrogen) atoms. The highest BCUT2D eigenvalue weighted by Gasteiger charge is 2.76. The number of hydrogen-bond donors (Lipinski definition) is 2. The Kier molecular flexibility index (Phi) is 6.36. The molecular formula is C29H36O9. The largest absolute Gasteiger partial charge is 0.458 e. The van der Waals surface area contributed by atoms with E-state index in [0.717, 1.165) is 0 Å².